The predicted octanol–water partition coefficient (Wildman–Crippen LogP) is 27.2. The minimum atomic E-state index is 0. The summed E-state index contributed by atoms with van der Waals surface area (Å²) in [6, 6.07) is 17.3. The molecule has 0 spiro atoms. The fraction of sp³-hybridized carbons (Fsp3) is 0.769. The molecule has 0 saturated heterocycles. The molecule has 3 heteroatoms. The van der Waals surface area contributed by atoms with Crippen molar-refractivity contribution in [1.29, 1.82) is 0 Å². The summed E-state index contributed by atoms with van der Waals surface area (Å²) in [5.74, 6) is 14.0. The molecule has 2 rings (SSSR count). The summed E-state index contributed by atoms with van der Waals surface area (Å²) in [5.41, 5.74) is 6.43. The second kappa shape index (κ2) is 61.9. The monoisotopic (exact) mass is 1150 g/mol. The van der Waals surface area contributed by atoms with Crippen molar-refractivity contribution < 1.29 is 16.5 Å². The molecule has 0 radical (unpaired) electrons. The first kappa shape index (κ1) is 76.4. The average Bonchev–Trinajstić information content (AvgIpc) is 3.47. The van der Waals surface area contributed by atoms with Gasteiger partial charge in [0.1, 0.15) is 0 Å². The molecular formula is C78H132N2Ni. The molecule has 0 aliphatic rings. The first-order chi connectivity index (χ1) is 39.7. The number of nitrogens with zero attached hydrogens (tertiary/aromatic N) is 2. The van der Waals surface area contributed by atoms with Crippen LogP contribution in [0.25, 0.3) is 0 Å². The molecule has 0 unspecified atom stereocenters. The van der Waals surface area contributed by atoms with Gasteiger partial charge in [0.05, 0.1) is 22.8 Å². The molecule has 0 saturated carbocycles. The maximum Gasteiger partial charge on any atom is 0.0646 e. The molecule has 2 aromatic carbocycles. The zero-order valence-electron chi connectivity index (χ0n) is 54.4. The molecular weight excluding hydrogens is 1020 g/mol. The molecule has 0 aliphatic carbocycles. The van der Waals surface area contributed by atoms with Crippen LogP contribution in [0.1, 0.15) is 398 Å². The van der Waals surface area contributed by atoms with E-state index in [1.807, 2.05) is 0 Å². The molecule has 0 heterocycles. The first-order valence-corrected chi connectivity index (χ1v) is 36.0. The Balaban J connectivity index is 0.0000328. The van der Waals surface area contributed by atoms with Crippen LogP contribution in [0, 0.1) is 23.7 Å². The molecule has 0 fully saturated rings. The van der Waals surface area contributed by atoms with E-state index in [4.69, 9.17) is 9.98 Å². The van der Waals surface area contributed by atoms with Crippen molar-refractivity contribution in [3.8, 4) is 23.7 Å². The third-order valence-corrected chi connectivity index (χ3v) is 16.9. The Hall–Kier alpha value is -2.61. The smallest absolute Gasteiger partial charge is 0.0646 e. The van der Waals surface area contributed by atoms with Gasteiger partial charge in [0.25, 0.3) is 0 Å². The van der Waals surface area contributed by atoms with Crippen LogP contribution < -0.4 is 0 Å². The van der Waals surface area contributed by atoms with Gasteiger partial charge < -0.3 is 0 Å². The predicted molar refractivity (Wildman–Crippen MR) is 362 cm³/mol. The Kier molecular flexibility index (Phi) is 58.4. The van der Waals surface area contributed by atoms with Gasteiger partial charge in [0, 0.05) is 40.5 Å². The molecule has 2 aromatic rings. The van der Waals surface area contributed by atoms with Gasteiger partial charge in [-0.15, -0.1) is 0 Å². The van der Waals surface area contributed by atoms with Gasteiger partial charge in [0.15, 0.2) is 0 Å². The Bertz CT molecular complexity index is 1830. The van der Waals surface area contributed by atoms with Gasteiger partial charge in [-0.1, -0.05) is 372 Å². The summed E-state index contributed by atoms with van der Waals surface area (Å²) in [6.07, 6.45) is 76.3. The first-order valence-electron chi connectivity index (χ1n) is 36.0. The van der Waals surface area contributed by atoms with Crippen molar-refractivity contribution in [1.82, 2.24) is 0 Å². The van der Waals surface area contributed by atoms with Crippen LogP contribution in [-0.2, 0) is 16.5 Å². The van der Waals surface area contributed by atoms with Crippen molar-refractivity contribution in [3.05, 3.63) is 59.7 Å². The molecule has 0 aliphatic heterocycles. The number of rotatable bonds is 57. The van der Waals surface area contributed by atoms with Crippen molar-refractivity contribution in [3.63, 3.8) is 0 Å². The van der Waals surface area contributed by atoms with E-state index in [9.17, 15) is 0 Å². The van der Waals surface area contributed by atoms with Gasteiger partial charge in [-0.3, -0.25) is 9.98 Å². The van der Waals surface area contributed by atoms with E-state index in [0.29, 0.717) is 0 Å². The second-order valence-corrected chi connectivity index (χ2v) is 24.8. The second-order valence-electron chi connectivity index (χ2n) is 24.8. The molecule has 464 valence electrons. The minimum absolute atomic E-state index is 0. The van der Waals surface area contributed by atoms with Gasteiger partial charge in [-0.05, 0) is 74.9 Å². The largest absolute Gasteiger partial charge is 0.252 e. The van der Waals surface area contributed by atoms with Crippen LogP contribution in [0.15, 0.2) is 58.5 Å². The van der Waals surface area contributed by atoms with Crippen molar-refractivity contribution in [2.75, 3.05) is 0 Å². The van der Waals surface area contributed by atoms with Gasteiger partial charge in [-0.25, -0.2) is 0 Å². The number of hydrogen-bond donors (Lipinski definition) is 0. The van der Waals surface area contributed by atoms with Gasteiger partial charge in [0.2, 0.25) is 0 Å². The zero-order chi connectivity index (χ0) is 57.0. The molecule has 0 aromatic heterocycles. The SMILES string of the molecule is CCCCCCCCCCCCCCCCCCCCCCCCC#Cc1cccc(N=C(CCCC)C(CCCCCCCC)=Nc2cccc(C#CCCCCCCCCCCCCCCCCCCCCCCCC)c2)c1.[Ni]. The Morgan fingerprint density at radius 2 is 0.494 bits per heavy atom. The van der Waals surface area contributed by atoms with E-state index in [1.54, 1.807) is 0 Å². The van der Waals surface area contributed by atoms with E-state index in [1.165, 1.54) is 315 Å². The summed E-state index contributed by atoms with van der Waals surface area (Å²) in [6.45, 7) is 9.20. The number of aliphatic imine (C=N–C) groups is 2. The number of benzene rings is 2. The zero-order valence-corrected chi connectivity index (χ0v) is 55.4. The van der Waals surface area contributed by atoms with Crippen molar-refractivity contribution in [2.45, 2.75) is 387 Å². The van der Waals surface area contributed by atoms with E-state index in [2.05, 4.69) is 99.9 Å². The van der Waals surface area contributed by atoms with E-state index in [-0.39, 0.29) is 16.5 Å². The van der Waals surface area contributed by atoms with Gasteiger partial charge >= 0.3 is 0 Å². The molecule has 2 nitrogen and oxygen atoms in total. The number of unbranched alkanes of at least 4 members (excludes halogenated alkanes) is 50. The Morgan fingerprint density at radius 3 is 0.753 bits per heavy atom. The standard InChI is InChI=1S/C78H132N2.Ni/c1-5-9-13-16-19-21-23-25-27-29-31-33-35-37-39-41-43-45-47-49-51-53-55-58-63-73-65-61-67-75(71-73)79-77(69-12-8-4)78(70-60-57-18-15-11-7-3)80-76-68-62-66-74(72-76)64-59-56-54-52-50-48-46-44-42-40-38-36-34-32-30-28-26-24-22-20-17-14-10-6-2;/h61-62,65-68,71-72H,5-57,60,69-70H2,1-4H3;. The summed E-state index contributed by atoms with van der Waals surface area (Å²) in [5, 5.41) is 0. The molecule has 0 N–H and O–H groups in total. The van der Waals surface area contributed by atoms with Gasteiger partial charge in [-0.2, -0.15) is 0 Å². The summed E-state index contributed by atoms with van der Waals surface area (Å²) >= 11 is 0. The topological polar surface area (TPSA) is 24.7 Å². The van der Waals surface area contributed by atoms with Crippen molar-refractivity contribution >= 4 is 22.8 Å². The Morgan fingerprint density at radius 1 is 0.272 bits per heavy atom. The fourth-order valence-electron chi connectivity index (χ4n) is 11.5. The maximum absolute atomic E-state index is 5.40. The van der Waals surface area contributed by atoms with Crippen molar-refractivity contribution in [2.24, 2.45) is 9.98 Å². The average molecular weight is 1160 g/mol. The quantitative estimate of drug-likeness (QED) is 0.0273. The maximum atomic E-state index is 5.40. The molecule has 0 bridgehead atoms. The molecule has 0 atom stereocenters. The summed E-state index contributed by atoms with van der Waals surface area (Å²) < 4.78 is 0. The van der Waals surface area contributed by atoms with E-state index in [0.717, 1.165) is 78.9 Å². The van der Waals surface area contributed by atoms with Crippen LogP contribution in [-0.4, -0.2) is 11.4 Å². The molecule has 81 heavy (non-hydrogen) atoms. The Labute approximate surface area is 516 Å². The third-order valence-electron chi connectivity index (χ3n) is 16.9. The molecule has 0 amide bonds. The fourth-order valence-corrected chi connectivity index (χ4v) is 11.5. The third kappa shape index (κ3) is 50.4. The minimum Gasteiger partial charge on any atom is -0.252 e. The number of hydrogen-bond acceptors (Lipinski definition) is 2. The van der Waals surface area contributed by atoms with Crippen LogP contribution >= 0.6 is 0 Å². The normalized spacial score (nSPS) is 11.6. The van der Waals surface area contributed by atoms with E-state index >= 15 is 0 Å². The van der Waals surface area contributed by atoms with Crippen LogP contribution in [0.3, 0.4) is 0 Å². The summed E-state index contributed by atoms with van der Waals surface area (Å²) in [4.78, 5) is 10.8. The van der Waals surface area contributed by atoms with E-state index < -0.39 is 0 Å². The van der Waals surface area contributed by atoms with Crippen LogP contribution in [0.4, 0.5) is 11.4 Å². The summed E-state index contributed by atoms with van der Waals surface area (Å²) in [7, 11) is 0. The van der Waals surface area contributed by atoms with Crippen LogP contribution in [0.5, 0.6) is 0 Å². The van der Waals surface area contributed by atoms with Crippen LogP contribution in [0.2, 0.25) is 0 Å².